The molecule has 0 aliphatic carbocycles. The standard InChI is InChI=1S/C25H27N3O4S/c1-18-9-10-19(2)24(15-18)33(31,32)28(16-21-7-5-4-6-8-21)17-25(30)27-23-13-11-22(12-14-23)26-20(3)29/h4-15H,16-17H2,1-3H3,(H,26,29)(H,27,30). The van der Waals surface area contributed by atoms with Gasteiger partial charge in [0.15, 0.2) is 0 Å². The fourth-order valence-electron chi connectivity index (χ4n) is 3.34. The molecule has 3 aromatic carbocycles. The number of anilines is 2. The fraction of sp³-hybridized carbons (Fsp3) is 0.200. The Balaban J connectivity index is 1.84. The lowest BCUT2D eigenvalue weighted by atomic mass is 10.2. The van der Waals surface area contributed by atoms with Crippen molar-refractivity contribution >= 4 is 33.2 Å². The number of amides is 2. The highest BCUT2D eigenvalue weighted by molar-refractivity contribution is 7.89. The lowest BCUT2D eigenvalue weighted by Crippen LogP contribution is -2.37. The van der Waals surface area contributed by atoms with E-state index in [0.717, 1.165) is 11.1 Å². The van der Waals surface area contributed by atoms with Crippen molar-refractivity contribution < 1.29 is 18.0 Å². The van der Waals surface area contributed by atoms with Gasteiger partial charge in [0.05, 0.1) is 11.4 Å². The van der Waals surface area contributed by atoms with Crippen LogP contribution in [0, 0.1) is 13.8 Å². The molecule has 0 fully saturated rings. The van der Waals surface area contributed by atoms with Gasteiger partial charge in [0.25, 0.3) is 0 Å². The van der Waals surface area contributed by atoms with E-state index in [9.17, 15) is 18.0 Å². The Kier molecular flexibility index (Phi) is 7.63. The van der Waals surface area contributed by atoms with Crippen molar-refractivity contribution in [2.24, 2.45) is 0 Å². The molecule has 0 saturated carbocycles. The fourth-order valence-corrected chi connectivity index (χ4v) is 5.03. The molecule has 0 unspecified atom stereocenters. The summed E-state index contributed by atoms with van der Waals surface area (Å²) in [7, 11) is -3.93. The number of sulfonamides is 1. The first-order valence-corrected chi connectivity index (χ1v) is 11.9. The van der Waals surface area contributed by atoms with Gasteiger partial charge in [0, 0.05) is 24.8 Å². The summed E-state index contributed by atoms with van der Waals surface area (Å²) < 4.78 is 28.3. The molecule has 0 heterocycles. The molecule has 0 aliphatic rings. The lowest BCUT2D eigenvalue weighted by molar-refractivity contribution is -0.116. The van der Waals surface area contributed by atoms with Gasteiger partial charge in [-0.25, -0.2) is 8.42 Å². The predicted molar refractivity (Wildman–Crippen MR) is 129 cm³/mol. The van der Waals surface area contributed by atoms with Crippen molar-refractivity contribution in [1.29, 1.82) is 0 Å². The van der Waals surface area contributed by atoms with Crippen LogP contribution in [0.3, 0.4) is 0 Å². The van der Waals surface area contributed by atoms with Crippen LogP contribution >= 0.6 is 0 Å². The van der Waals surface area contributed by atoms with Gasteiger partial charge in [-0.1, -0.05) is 42.5 Å². The number of carbonyl (C=O) groups is 2. The van der Waals surface area contributed by atoms with E-state index in [-0.39, 0.29) is 23.9 Å². The van der Waals surface area contributed by atoms with Crippen LogP contribution in [-0.2, 0) is 26.2 Å². The number of hydrogen-bond donors (Lipinski definition) is 2. The average molecular weight is 466 g/mol. The van der Waals surface area contributed by atoms with Crippen molar-refractivity contribution in [3.8, 4) is 0 Å². The van der Waals surface area contributed by atoms with Crippen molar-refractivity contribution in [2.75, 3.05) is 17.2 Å². The van der Waals surface area contributed by atoms with E-state index in [2.05, 4.69) is 10.6 Å². The molecule has 0 saturated heterocycles. The molecule has 3 aromatic rings. The third-order valence-corrected chi connectivity index (χ3v) is 6.91. The first kappa shape index (κ1) is 24.2. The predicted octanol–water partition coefficient (Wildman–Crippen LogP) is 4.09. The van der Waals surface area contributed by atoms with Crippen LogP contribution in [0.4, 0.5) is 11.4 Å². The maximum atomic E-state index is 13.6. The molecule has 0 aromatic heterocycles. The van der Waals surface area contributed by atoms with Gasteiger partial charge in [0.1, 0.15) is 0 Å². The van der Waals surface area contributed by atoms with Gasteiger partial charge in [-0.2, -0.15) is 4.31 Å². The minimum Gasteiger partial charge on any atom is -0.326 e. The summed E-state index contributed by atoms with van der Waals surface area (Å²) in [6.45, 7) is 4.69. The molecule has 2 amide bonds. The Labute approximate surface area is 194 Å². The maximum absolute atomic E-state index is 13.6. The number of hydrogen-bond acceptors (Lipinski definition) is 4. The van der Waals surface area contributed by atoms with Crippen molar-refractivity contribution in [3.05, 3.63) is 89.5 Å². The normalized spacial score (nSPS) is 11.3. The SMILES string of the molecule is CC(=O)Nc1ccc(NC(=O)CN(Cc2ccccc2)S(=O)(=O)c2cc(C)ccc2C)cc1. The number of aryl methyl sites for hydroxylation is 2. The molecule has 33 heavy (non-hydrogen) atoms. The maximum Gasteiger partial charge on any atom is 0.244 e. The smallest absolute Gasteiger partial charge is 0.244 e. The van der Waals surface area contributed by atoms with E-state index < -0.39 is 15.9 Å². The molecule has 7 nitrogen and oxygen atoms in total. The van der Waals surface area contributed by atoms with Gasteiger partial charge >= 0.3 is 0 Å². The molecule has 0 atom stereocenters. The summed E-state index contributed by atoms with van der Waals surface area (Å²) in [5.74, 6) is -0.660. The summed E-state index contributed by atoms with van der Waals surface area (Å²) >= 11 is 0. The van der Waals surface area contributed by atoms with Crippen molar-refractivity contribution in [2.45, 2.75) is 32.2 Å². The zero-order valence-electron chi connectivity index (χ0n) is 18.8. The van der Waals surface area contributed by atoms with E-state index in [1.54, 1.807) is 43.3 Å². The average Bonchev–Trinajstić information content (AvgIpc) is 2.76. The second-order valence-electron chi connectivity index (χ2n) is 7.83. The molecular weight excluding hydrogens is 438 g/mol. The monoisotopic (exact) mass is 465 g/mol. The van der Waals surface area contributed by atoms with Crippen LogP contribution in [0.2, 0.25) is 0 Å². The van der Waals surface area contributed by atoms with E-state index >= 15 is 0 Å². The Hall–Kier alpha value is -3.49. The first-order chi connectivity index (χ1) is 15.6. The van der Waals surface area contributed by atoms with Gasteiger partial charge in [0.2, 0.25) is 21.8 Å². The minimum atomic E-state index is -3.93. The lowest BCUT2D eigenvalue weighted by Gasteiger charge is -2.23. The molecule has 172 valence electrons. The Morgan fingerprint density at radius 3 is 2.06 bits per heavy atom. The third kappa shape index (κ3) is 6.50. The Morgan fingerprint density at radius 1 is 0.848 bits per heavy atom. The number of nitrogens with zero attached hydrogens (tertiary/aromatic N) is 1. The van der Waals surface area contributed by atoms with Gasteiger partial charge in [-0.15, -0.1) is 0 Å². The summed E-state index contributed by atoms with van der Waals surface area (Å²) in [5, 5.41) is 5.38. The highest BCUT2D eigenvalue weighted by atomic mass is 32.2. The van der Waals surface area contributed by atoms with E-state index in [1.807, 2.05) is 43.3 Å². The highest BCUT2D eigenvalue weighted by Gasteiger charge is 2.28. The van der Waals surface area contributed by atoms with E-state index in [0.29, 0.717) is 16.9 Å². The molecular formula is C25H27N3O4S. The number of carbonyl (C=O) groups excluding carboxylic acids is 2. The Bertz CT molecular complexity index is 1240. The number of rotatable bonds is 8. The van der Waals surface area contributed by atoms with Crippen LogP contribution in [0.15, 0.2) is 77.7 Å². The zero-order chi connectivity index (χ0) is 24.0. The molecule has 3 rings (SSSR count). The molecule has 8 heteroatoms. The van der Waals surface area contributed by atoms with Crippen molar-refractivity contribution in [1.82, 2.24) is 4.31 Å². The largest absolute Gasteiger partial charge is 0.326 e. The van der Waals surface area contributed by atoms with Crippen LogP contribution in [-0.4, -0.2) is 31.1 Å². The van der Waals surface area contributed by atoms with Gasteiger partial charge < -0.3 is 10.6 Å². The van der Waals surface area contributed by atoms with Crippen LogP contribution in [0.5, 0.6) is 0 Å². The quantitative estimate of drug-likeness (QED) is 0.524. The van der Waals surface area contributed by atoms with Crippen LogP contribution in [0.25, 0.3) is 0 Å². The summed E-state index contributed by atoms with van der Waals surface area (Å²) in [6, 6.07) is 21.0. The topological polar surface area (TPSA) is 95.6 Å². The highest BCUT2D eigenvalue weighted by Crippen LogP contribution is 2.23. The van der Waals surface area contributed by atoms with Crippen LogP contribution in [0.1, 0.15) is 23.6 Å². The summed E-state index contributed by atoms with van der Waals surface area (Å²) in [5.41, 5.74) is 3.32. The van der Waals surface area contributed by atoms with Gasteiger partial charge in [-0.05, 0) is 60.9 Å². The molecule has 0 spiro atoms. The van der Waals surface area contributed by atoms with Crippen molar-refractivity contribution in [3.63, 3.8) is 0 Å². The van der Waals surface area contributed by atoms with E-state index in [4.69, 9.17) is 0 Å². The Morgan fingerprint density at radius 2 is 1.45 bits per heavy atom. The summed E-state index contributed by atoms with van der Waals surface area (Å²) in [6.07, 6.45) is 0. The second kappa shape index (κ2) is 10.4. The van der Waals surface area contributed by atoms with Gasteiger partial charge in [-0.3, -0.25) is 9.59 Å². The zero-order valence-corrected chi connectivity index (χ0v) is 19.6. The molecule has 0 bridgehead atoms. The van der Waals surface area contributed by atoms with E-state index in [1.165, 1.54) is 11.2 Å². The summed E-state index contributed by atoms with van der Waals surface area (Å²) in [4.78, 5) is 24.2. The van der Waals surface area contributed by atoms with Crippen LogP contribution < -0.4 is 10.6 Å². The molecule has 0 radical (unpaired) electrons. The third-order valence-electron chi connectivity index (χ3n) is 4.97. The number of benzene rings is 3. The first-order valence-electron chi connectivity index (χ1n) is 10.4. The number of nitrogens with one attached hydrogen (secondary N) is 2. The molecule has 0 aliphatic heterocycles. The second-order valence-corrected chi connectivity index (χ2v) is 9.74. The minimum absolute atomic E-state index is 0.0610. The molecule has 2 N–H and O–H groups in total.